The quantitative estimate of drug-likeness (QED) is 0.665. The number of benzene rings is 2. The molecule has 0 spiro atoms. The highest BCUT2D eigenvalue weighted by Gasteiger charge is 2.12. The molecule has 0 saturated carbocycles. The molecule has 3 rings (SSSR count). The van der Waals surface area contributed by atoms with Crippen LogP contribution in [0.2, 0.25) is 0 Å². The van der Waals surface area contributed by atoms with Gasteiger partial charge in [-0.15, -0.1) is 0 Å². The molecule has 0 N–H and O–H groups in total. The molecule has 3 aromatic rings. The summed E-state index contributed by atoms with van der Waals surface area (Å²) in [5.74, 6) is -0.994. The van der Waals surface area contributed by atoms with Crippen molar-refractivity contribution < 1.29 is 22.7 Å². The van der Waals surface area contributed by atoms with Gasteiger partial charge in [0.1, 0.15) is 11.6 Å². The van der Waals surface area contributed by atoms with E-state index in [1.165, 1.54) is 30.3 Å². The van der Waals surface area contributed by atoms with Crippen molar-refractivity contribution in [1.29, 1.82) is 0 Å². The van der Waals surface area contributed by atoms with Gasteiger partial charge in [-0.25, -0.2) is 9.37 Å². The zero-order valence-corrected chi connectivity index (χ0v) is 12.7. The maximum absolute atomic E-state index is 13.2. The third-order valence-corrected chi connectivity index (χ3v) is 3.50. The van der Waals surface area contributed by atoms with E-state index in [0.29, 0.717) is 0 Å². The Balaban J connectivity index is 1.83. The molecule has 0 fully saturated rings. The minimum Gasteiger partial charge on any atom is -0.435 e. The number of carbonyl (C=O) groups is 1. The van der Waals surface area contributed by atoms with Crippen LogP contribution in [-0.4, -0.2) is 21.9 Å². The summed E-state index contributed by atoms with van der Waals surface area (Å²) in [6, 6.07) is 8.71. The third kappa shape index (κ3) is 3.68. The Labute approximate surface area is 139 Å². The van der Waals surface area contributed by atoms with Crippen LogP contribution in [0.3, 0.4) is 0 Å². The van der Waals surface area contributed by atoms with Crippen molar-refractivity contribution in [1.82, 2.24) is 9.55 Å². The second kappa shape index (κ2) is 6.76. The first-order valence-corrected chi connectivity index (χ1v) is 7.17. The minimum absolute atomic E-state index is 0.0712. The average molecular weight is 348 g/mol. The van der Waals surface area contributed by atoms with Crippen LogP contribution in [0.5, 0.6) is 5.75 Å². The van der Waals surface area contributed by atoms with Gasteiger partial charge in [-0.1, -0.05) is 0 Å². The lowest BCUT2D eigenvalue weighted by molar-refractivity contribution is -0.0498. The highest BCUT2D eigenvalue weighted by molar-refractivity contribution is 5.96. The topological polar surface area (TPSA) is 61.2 Å². The van der Waals surface area contributed by atoms with E-state index in [1.807, 2.05) is 0 Å². The highest BCUT2D eigenvalue weighted by Crippen LogP contribution is 2.15. The van der Waals surface area contributed by atoms with E-state index < -0.39 is 23.8 Å². The number of hydrogen-bond acceptors (Lipinski definition) is 4. The van der Waals surface area contributed by atoms with E-state index >= 15 is 0 Å². The van der Waals surface area contributed by atoms with Crippen LogP contribution in [0, 0.1) is 5.82 Å². The Hall–Kier alpha value is -3.16. The zero-order valence-electron chi connectivity index (χ0n) is 12.7. The number of fused-ring (bicyclic) bond motifs is 1. The van der Waals surface area contributed by atoms with Crippen molar-refractivity contribution in [3.8, 4) is 5.75 Å². The van der Waals surface area contributed by atoms with Crippen molar-refractivity contribution >= 4 is 16.7 Å². The number of carbonyl (C=O) groups excluding carboxylic acids is 1. The van der Waals surface area contributed by atoms with Crippen LogP contribution in [0.15, 0.2) is 53.6 Å². The second-order valence-electron chi connectivity index (χ2n) is 5.17. The standard InChI is InChI=1S/C17H11F3N2O3/c18-11-3-6-13-14(7-11)21-9-22(16(13)24)8-15(23)10-1-4-12(5-2-10)25-17(19)20/h1-7,9,17H,8H2. The molecule has 0 aliphatic rings. The molecule has 0 atom stereocenters. The van der Waals surface area contributed by atoms with Crippen LogP contribution in [0.4, 0.5) is 13.2 Å². The molecule has 0 unspecified atom stereocenters. The summed E-state index contributed by atoms with van der Waals surface area (Å²) in [4.78, 5) is 28.5. The molecular formula is C17H11F3N2O3. The number of halogens is 3. The molecule has 0 radical (unpaired) electrons. The molecule has 0 amide bonds. The first-order chi connectivity index (χ1) is 11.9. The number of aromatic nitrogens is 2. The Morgan fingerprint density at radius 3 is 2.56 bits per heavy atom. The molecule has 25 heavy (non-hydrogen) atoms. The molecule has 0 saturated heterocycles. The smallest absolute Gasteiger partial charge is 0.387 e. The van der Waals surface area contributed by atoms with E-state index in [-0.39, 0.29) is 28.8 Å². The molecule has 1 aromatic heterocycles. The average Bonchev–Trinajstić information content (AvgIpc) is 2.57. The fourth-order valence-electron chi connectivity index (χ4n) is 2.31. The van der Waals surface area contributed by atoms with Crippen LogP contribution < -0.4 is 10.3 Å². The first kappa shape index (κ1) is 16.7. The van der Waals surface area contributed by atoms with E-state index in [4.69, 9.17) is 0 Å². The largest absolute Gasteiger partial charge is 0.435 e. The summed E-state index contributed by atoms with van der Waals surface area (Å²) in [7, 11) is 0. The fraction of sp³-hybridized carbons (Fsp3) is 0.118. The molecule has 128 valence electrons. The van der Waals surface area contributed by atoms with Crippen molar-refractivity contribution in [3.05, 3.63) is 70.5 Å². The van der Waals surface area contributed by atoms with Gasteiger partial charge in [-0.05, 0) is 36.4 Å². The molecule has 0 aliphatic carbocycles. The number of Topliss-reactive ketones (excluding diaryl/α,β-unsaturated/α-hetero) is 1. The van der Waals surface area contributed by atoms with Crippen molar-refractivity contribution in [3.63, 3.8) is 0 Å². The number of ketones is 1. The molecule has 0 aliphatic heterocycles. The van der Waals surface area contributed by atoms with Crippen LogP contribution >= 0.6 is 0 Å². The Morgan fingerprint density at radius 1 is 1.16 bits per heavy atom. The van der Waals surface area contributed by atoms with Crippen molar-refractivity contribution in [2.24, 2.45) is 0 Å². The Kier molecular flexibility index (Phi) is 4.51. The lowest BCUT2D eigenvalue weighted by Crippen LogP contribution is -2.24. The maximum Gasteiger partial charge on any atom is 0.387 e. The summed E-state index contributed by atoms with van der Waals surface area (Å²) < 4.78 is 42.7. The van der Waals surface area contributed by atoms with Crippen LogP contribution in [0.1, 0.15) is 10.4 Å². The lowest BCUT2D eigenvalue weighted by atomic mass is 10.1. The fourth-order valence-corrected chi connectivity index (χ4v) is 2.31. The monoisotopic (exact) mass is 348 g/mol. The number of ether oxygens (including phenoxy) is 1. The SMILES string of the molecule is O=C(Cn1cnc2cc(F)ccc2c1=O)c1ccc(OC(F)F)cc1. The van der Waals surface area contributed by atoms with Crippen molar-refractivity contribution in [2.75, 3.05) is 0 Å². The molecule has 5 nitrogen and oxygen atoms in total. The lowest BCUT2D eigenvalue weighted by Gasteiger charge is -2.07. The molecule has 1 heterocycles. The number of hydrogen-bond donors (Lipinski definition) is 0. The van der Waals surface area contributed by atoms with E-state index in [2.05, 4.69) is 9.72 Å². The van der Waals surface area contributed by atoms with Gasteiger partial charge in [0, 0.05) is 11.6 Å². The van der Waals surface area contributed by atoms with Crippen molar-refractivity contribution in [2.45, 2.75) is 13.2 Å². The van der Waals surface area contributed by atoms with E-state index in [1.54, 1.807) is 0 Å². The third-order valence-electron chi connectivity index (χ3n) is 3.50. The van der Waals surface area contributed by atoms with Crippen LogP contribution in [0.25, 0.3) is 10.9 Å². The van der Waals surface area contributed by atoms with Gasteiger partial charge in [0.05, 0.1) is 23.8 Å². The number of alkyl halides is 2. The van der Waals surface area contributed by atoms with Gasteiger partial charge in [0.2, 0.25) is 0 Å². The van der Waals surface area contributed by atoms with Gasteiger partial charge in [-0.2, -0.15) is 8.78 Å². The van der Waals surface area contributed by atoms with Gasteiger partial charge in [0.25, 0.3) is 5.56 Å². The van der Waals surface area contributed by atoms with Gasteiger partial charge < -0.3 is 4.74 Å². The predicted octanol–water partition coefficient (Wildman–Crippen LogP) is 3.02. The molecule has 2 aromatic carbocycles. The van der Waals surface area contributed by atoms with Gasteiger partial charge in [0.15, 0.2) is 5.78 Å². The highest BCUT2D eigenvalue weighted by atomic mass is 19.3. The normalized spacial score (nSPS) is 11.0. The number of nitrogens with zero attached hydrogens (tertiary/aromatic N) is 2. The van der Waals surface area contributed by atoms with E-state index in [9.17, 15) is 22.8 Å². The predicted molar refractivity (Wildman–Crippen MR) is 83.4 cm³/mol. The molecular weight excluding hydrogens is 337 g/mol. The summed E-state index contributed by atoms with van der Waals surface area (Å²) in [5, 5.41) is 0.192. The summed E-state index contributed by atoms with van der Waals surface area (Å²) >= 11 is 0. The summed E-state index contributed by atoms with van der Waals surface area (Å²) in [6.07, 6.45) is 1.16. The molecule has 0 bridgehead atoms. The Morgan fingerprint density at radius 2 is 1.88 bits per heavy atom. The first-order valence-electron chi connectivity index (χ1n) is 7.17. The van der Waals surface area contributed by atoms with Gasteiger partial charge in [-0.3, -0.25) is 14.2 Å². The summed E-state index contributed by atoms with van der Waals surface area (Å²) in [6.45, 7) is -3.23. The Bertz CT molecular complexity index is 985. The van der Waals surface area contributed by atoms with E-state index in [0.717, 1.165) is 23.0 Å². The number of rotatable bonds is 5. The van der Waals surface area contributed by atoms with Gasteiger partial charge >= 0.3 is 6.61 Å². The summed E-state index contributed by atoms with van der Waals surface area (Å²) in [5.41, 5.74) is -0.0501. The van der Waals surface area contributed by atoms with Crippen LogP contribution in [-0.2, 0) is 6.54 Å². The second-order valence-corrected chi connectivity index (χ2v) is 5.17. The zero-order chi connectivity index (χ0) is 18.0. The minimum atomic E-state index is -2.95. The molecule has 8 heteroatoms. The maximum atomic E-state index is 13.2.